The molecule has 0 radical (unpaired) electrons. The third-order valence-electron chi connectivity index (χ3n) is 4.81. The molecule has 9 nitrogen and oxygen atoms in total. The van der Waals surface area contributed by atoms with Gasteiger partial charge in [0.1, 0.15) is 6.54 Å². The molecule has 174 valence electrons. The summed E-state index contributed by atoms with van der Waals surface area (Å²) in [4.78, 5) is 37.4. The van der Waals surface area contributed by atoms with E-state index >= 15 is 0 Å². The number of ether oxygens (including phenoxy) is 1. The zero-order valence-corrected chi connectivity index (χ0v) is 18.9. The number of esters is 1. The van der Waals surface area contributed by atoms with Crippen molar-refractivity contribution in [2.45, 2.75) is 19.8 Å². The van der Waals surface area contributed by atoms with E-state index in [0.717, 1.165) is 17.4 Å². The first-order chi connectivity index (χ1) is 15.7. The number of amides is 2. The molecule has 0 atom stereocenters. The Morgan fingerprint density at radius 2 is 1.91 bits per heavy atom. The number of carbonyl (C=O) groups is 3. The lowest BCUT2D eigenvalue weighted by molar-refractivity contribution is -0.146. The lowest BCUT2D eigenvalue weighted by Crippen LogP contribution is -2.31. The monoisotopic (exact) mass is 471 g/mol. The van der Waals surface area contributed by atoms with Gasteiger partial charge >= 0.3 is 5.97 Å². The molecule has 0 aliphatic carbocycles. The van der Waals surface area contributed by atoms with Crippen molar-refractivity contribution in [1.82, 2.24) is 4.72 Å². The van der Waals surface area contributed by atoms with Crippen LogP contribution in [0.2, 0.25) is 0 Å². The maximum atomic E-state index is 12.1. The summed E-state index contributed by atoms with van der Waals surface area (Å²) >= 11 is 0. The molecule has 0 aromatic heterocycles. The molecule has 3 rings (SSSR count). The molecule has 0 saturated carbocycles. The van der Waals surface area contributed by atoms with Crippen LogP contribution >= 0.6 is 0 Å². The summed E-state index contributed by atoms with van der Waals surface area (Å²) in [6.07, 6.45) is 2.69. The Hall–Kier alpha value is -3.50. The van der Waals surface area contributed by atoms with Gasteiger partial charge in [0, 0.05) is 29.7 Å². The molecule has 1 saturated heterocycles. The molecule has 1 aliphatic rings. The minimum absolute atomic E-state index is 0.0311. The van der Waals surface area contributed by atoms with Crippen molar-refractivity contribution in [3.63, 3.8) is 0 Å². The minimum Gasteiger partial charge on any atom is -0.455 e. The molecule has 33 heavy (non-hydrogen) atoms. The molecule has 1 heterocycles. The van der Waals surface area contributed by atoms with Crippen molar-refractivity contribution in [2.24, 2.45) is 0 Å². The van der Waals surface area contributed by atoms with Crippen LogP contribution in [0.4, 0.5) is 11.4 Å². The molecule has 10 heteroatoms. The van der Waals surface area contributed by atoms with E-state index in [4.69, 9.17) is 4.74 Å². The number of carbonyl (C=O) groups excluding carboxylic acids is 3. The van der Waals surface area contributed by atoms with Crippen LogP contribution in [-0.4, -0.2) is 45.9 Å². The van der Waals surface area contributed by atoms with Crippen LogP contribution in [0.15, 0.2) is 53.9 Å². The number of benzene rings is 2. The zero-order valence-electron chi connectivity index (χ0n) is 18.1. The fourth-order valence-corrected chi connectivity index (χ4v) is 3.87. The van der Waals surface area contributed by atoms with Gasteiger partial charge in [-0.25, -0.2) is 13.1 Å². The average Bonchev–Trinajstić information content (AvgIpc) is 3.22. The number of aryl methyl sites for hydroxylation is 1. The summed E-state index contributed by atoms with van der Waals surface area (Å²) in [5.74, 6) is -1.45. The van der Waals surface area contributed by atoms with Gasteiger partial charge in [0.2, 0.25) is 15.9 Å². The Balaban J connectivity index is 1.43. The van der Waals surface area contributed by atoms with Crippen molar-refractivity contribution < 1.29 is 27.5 Å². The molecular formula is C23H25N3O6S. The highest BCUT2D eigenvalue weighted by Crippen LogP contribution is 2.24. The van der Waals surface area contributed by atoms with Crippen molar-refractivity contribution in [3.8, 4) is 0 Å². The number of nitrogens with one attached hydrogen (secondary N) is 2. The second-order valence-corrected chi connectivity index (χ2v) is 9.14. The summed E-state index contributed by atoms with van der Waals surface area (Å²) in [5.41, 5.74) is 2.88. The van der Waals surface area contributed by atoms with E-state index in [1.807, 2.05) is 19.1 Å². The normalized spacial score (nSPS) is 14.0. The summed E-state index contributed by atoms with van der Waals surface area (Å²) < 4.78 is 30.9. The van der Waals surface area contributed by atoms with Crippen LogP contribution in [0, 0.1) is 6.92 Å². The Morgan fingerprint density at radius 1 is 1.15 bits per heavy atom. The first kappa shape index (κ1) is 24.1. The van der Waals surface area contributed by atoms with Crippen LogP contribution in [-0.2, 0) is 29.1 Å². The smallest absolute Gasteiger partial charge is 0.321 e. The first-order valence-electron chi connectivity index (χ1n) is 10.3. The Bertz CT molecular complexity index is 1160. The quantitative estimate of drug-likeness (QED) is 0.541. The highest BCUT2D eigenvalue weighted by atomic mass is 32.2. The number of sulfonamides is 1. The summed E-state index contributed by atoms with van der Waals surface area (Å²) in [5, 5.41) is 3.54. The topological polar surface area (TPSA) is 122 Å². The molecule has 0 unspecified atom stereocenters. The number of anilines is 2. The largest absolute Gasteiger partial charge is 0.455 e. The van der Waals surface area contributed by atoms with Crippen molar-refractivity contribution in [1.29, 1.82) is 0 Å². The predicted molar refractivity (Wildman–Crippen MR) is 125 cm³/mol. The van der Waals surface area contributed by atoms with Gasteiger partial charge in [-0.15, -0.1) is 0 Å². The molecule has 2 aromatic rings. The predicted octanol–water partition coefficient (Wildman–Crippen LogP) is 2.19. The van der Waals surface area contributed by atoms with Crippen molar-refractivity contribution in [2.75, 3.05) is 29.9 Å². The van der Waals surface area contributed by atoms with Gasteiger partial charge in [-0.05, 0) is 43.2 Å². The van der Waals surface area contributed by atoms with E-state index in [1.165, 1.54) is 6.08 Å². The van der Waals surface area contributed by atoms with Crippen LogP contribution in [0.5, 0.6) is 0 Å². The van der Waals surface area contributed by atoms with Gasteiger partial charge in [-0.2, -0.15) is 0 Å². The highest BCUT2D eigenvalue weighted by molar-refractivity contribution is 7.92. The second-order valence-electron chi connectivity index (χ2n) is 7.49. The summed E-state index contributed by atoms with van der Waals surface area (Å²) in [6.45, 7) is 1.36. The molecule has 2 amide bonds. The average molecular weight is 472 g/mol. The molecule has 0 bridgehead atoms. The van der Waals surface area contributed by atoms with Gasteiger partial charge < -0.3 is 15.0 Å². The SMILES string of the molecule is Cc1ccc(/C=C/S(=O)(=O)NCC(=O)OCC(=O)Nc2cccc(N3CCCC3=O)c2)cc1. The third-order valence-corrected chi connectivity index (χ3v) is 5.86. The fourth-order valence-electron chi connectivity index (χ4n) is 3.12. The van der Waals surface area contributed by atoms with E-state index < -0.39 is 35.1 Å². The van der Waals surface area contributed by atoms with Crippen LogP contribution in [0.3, 0.4) is 0 Å². The van der Waals surface area contributed by atoms with Gasteiger partial charge in [0.05, 0.1) is 0 Å². The second kappa shape index (κ2) is 10.9. The van der Waals surface area contributed by atoms with Crippen LogP contribution in [0.1, 0.15) is 24.0 Å². The molecule has 2 aromatic carbocycles. The highest BCUT2D eigenvalue weighted by Gasteiger charge is 2.22. The maximum Gasteiger partial charge on any atom is 0.321 e. The fraction of sp³-hybridized carbons (Fsp3) is 0.261. The van der Waals surface area contributed by atoms with Gasteiger partial charge in [-0.1, -0.05) is 35.9 Å². The van der Waals surface area contributed by atoms with Gasteiger partial charge in [0.25, 0.3) is 5.91 Å². The lowest BCUT2D eigenvalue weighted by Gasteiger charge is -2.16. The van der Waals surface area contributed by atoms with Crippen LogP contribution < -0.4 is 14.9 Å². The van der Waals surface area contributed by atoms with Crippen molar-refractivity contribution in [3.05, 3.63) is 65.1 Å². The number of rotatable bonds is 9. The van der Waals surface area contributed by atoms with Gasteiger partial charge in [-0.3, -0.25) is 14.4 Å². The molecule has 1 fully saturated rings. The Morgan fingerprint density at radius 3 is 2.61 bits per heavy atom. The number of hydrogen-bond acceptors (Lipinski definition) is 6. The Labute approximate surface area is 192 Å². The summed E-state index contributed by atoms with van der Waals surface area (Å²) in [7, 11) is -3.85. The van der Waals surface area contributed by atoms with E-state index in [1.54, 1.807) is 41.3 Å². The zero-order chi connectivity index (χ0) is 23.8. The molecule has 0 spiro atoms. The first-order valence-corrected chi connectivity index (χ1v) is 11.9. The molecular weight excluding hydrogens is 446 g/mol. The van der Waals surface area contributed by atoms with E-state index in [9.17, 15) is 22.8 Å². The molecule has 2 N–H and O–H groups in total. The third kappa shape index (κ3) is 7.55. The standard InChI is InChI=1S/C23H25N3O6S/c1-17-7-9-18(10-8-17)11-13-33(30,31)24-15-23(29)32-16-21(27)25-19-4-2-5-20(14-19)26-12-3-6-22(26)28/h2,4-5,7-11,13-14,24H,3,6,12,15-16H2,1H3,(H,25,27)/b13-11+. The summed E-state index contributed by atoms with van der Waals surface area (Å²) in [6, 6.07) is 14.0. The van der Waals surface area contributed by atoms with Crippen LogP contribution in [0.25, 0.3) is 6.08 Å². The lowest BCUT2D eigenvalue weighted by atomic mass is 10.2. The minimum atomic E-state index is -3.85. The Kier molecular flexibility index (Phi) is 7.96. The number of hydrogen-bond donors (Lipinski definition) is 2. The van der Waals surface area contributed by atoms with Gasteiger partial charge in [0.15, 0.2) is 6.61 Å². The maximum absolute atomic E-state index is 12.1. The van der Waals surface area contributed by atoms with E-state index in [0.29, 0.717) is 29.9 Å². The van der Waals surface area contributed by atoms with E-state index in [2.05, 4.69) is 10.0 Å². The van der Waals surface area contributed by atoms with Crippen molar-refractivity contribution >= 4 is 45.3 Å². The van der Waals surface area contributed by atoms with E-state index in [-0.39, 0.29) is 5.91 Å². The molecule has 1 aliphatic heterocycles. The number of nitrogens with zero attached hydrogens (tertiary/aromatic N) is 1.